The van der Waals surface area contributed by atoms with Gasteiger partial charge in [-0.1, -0.05) is 23.2 Å². The van der Waals surface area contributed by atoms with Crippen molar-refractivity contribution in [2.45, 2.75) is 12.8 Å². The van der Waals surface area contributed by atoms with Crippen LogP contribution in [0.5, 0.6) is 0 Å². The van der Waals surface area contributed by atoms with Gasteiger partial charge in [-0.2, -0.15) is 0 Å². The van der Waals surface area contributed by atoms with E-state index in [1.807, 2.05) is 0 Å². The third-order valence-electron chi connectivity index (χ3n) is 4.55. The van der Waals surface area contributed by atoms with Gasteiger partial charge < -0.3 is 15.2 Å². The SMILES string of the molecule is O=C(Nc1cc(Cl)ccc1Cl)C1CCN(c2ncnc3nc[nH]c23)CC1. The van der Waals surface area contributed by atoms with Gasteiger partial charge in [-0.15, -0.1) is 0 Å². The summed E-state index contributed by atoms with van der Waals surface area (Å²) in [6, 6.07) is 5.02. The number of piperidine rings is 1. The molecule has 26 heavy (non-hydrogen) atoms. The van der Waals surface area contributed by atoms with E-state index in [0.717, 1.165) is 37.3 Å². The lowest BCUT2D eigenvalue weighted by molar-refractivity contribution is -0.120. The van der Waals surface area contributed by atoms with Gasteiger partial charge in [-0.25, -0.2) is 15.0 Å². The average Bonchev–Trinajstić information content (AvgIpc) is 3.13. The summed E-state index contributed by atoms with van der Waals surface area (Å²) < 4.78 is 0. The van der Waals surface area contributed by atoms with Gasteiger partial charge in [0, 0.05) is 24.0 Å². The smallest absolute Gasteiger partial charge is 0.227 e. The lowest BCUT2D eigenvalue weighted by atomic mass is 9.95. The van der Waals surface area contributed by atoms with Gasteiger partial charge in [-0.05, 0) is 31.0 Å². The number of anilines is 2. The van der Waals surface area contributed by atoms with Crippen molar-refractivity contribution < 1.29 is 4.79 Å². The molecule has 134 valence electrons. The van der Waals surface area contributed by atoms with Crippen LogP contribution in [0.2, 0.25) is 10.0 Å². The quantitative estimate of drug-likeness (QED) is 0.714. The highest BCUT2D eigenvalue weighted by Crippen LogP contribution is 2.29. The van der Waals surface area contributed by atoms with Gasteiger partial charge in [0.05, 0.1) is 17.0 Å². The van der Waals surface area contributed by atoms with Crippen molar-refractivity contribution in [3.63, 3.8) is 0 Å². The standard InChI is InChI=1S/C17H16Cl2N6O/c18-11-1-2-12(19)13(7-11)24-17(26)10-3-5-25(6-4-10)16-14-15(21-8-20-14)22-9-23-16/h1-2,7-10H,3-6H2,(H,24,26)(H,20,21,22,23). The number of carbonyl (C=O) groups excluding carboxylic acids is 1. The molecule has 9 heteroatoms. The number of hydrogen-bond acceptors (Lipinski definition) is 5. The molecule has 0 spiro atoms. The molecular weight excluding hydrogens is 375 g/mol. The Hall–Kier alpha value is -2.38. The average molecular weight is 391 g/mol. The monoisotopic (exact) mass is 390 g/mol. The summed E-state index contributed by atoms with van der Waals surface area (Å²) in [7, 11) is 0. The molecule has 0 unspecified atom stereocenters. The van der Waals surface area contributed by atoms with Gasteiger partial charge in [0.2, 0.25) is 5.91 Å². The Balaban J connectivity index is 1.42. The molecule has 1 aromatic carbocycles. The first-order valence-electron chi connectivity index (χ1n) is 8.27. The summed E-state index contributed by atoms with van der Waals surface area (Å²) >= 11 is 12.1. The molecule has 1 saturated heterocycles. The highest BCUT2D eigenvalue weighted by molar-refractivity contribution is 6.35. The zero-order valence-corrected chi connectivity index (χ0v) is 15.3. The molecule has 0 aliphatic carbocycles. The van der Waals surface area contributed by atoms with E-state index in [0.29, 0.717) is 21.4 Å². The zero-order valence-electron chi connectivity index (χ0n) is 13.7. The predicted octanol–water partition coefficient (Wildman–Crippen LogP) is 3.51. The van der Waals surface area contributed by atoms with Crippen molar-refractivity contribution in [2.75, 3.05) is 23.3 Å². The third-order valence-corrected chi connectivity index (χ3v) is 5.12. The number of nitrogens with zero attached hydrogens (tertiary/aromatic N) is 4. The fourth-order valence-corrected chi connectivity index (χ4v) is 3.51. The third kappa shape index (κ3) is 3.32. The number of H-pyrrole nitrogens is 1. The minimum Gasteiger partial charge on any atom is -0.355 e. The lowest BCUT2D eigenvalue weighted by Gasteiger charge is -2.32. The molecule has 1 fully saturated rings. The predicted molar refractivity (Wildman–Crippen MR) is 102 cm³/mol. The van der Waals surface area contributed by atoms with Crippen molar-refractivity contribution in [3.05, 3.63) is 40.9 Å². The van der Waals surface area contributed by atoms with Crippen LogP contribution in [-0.4, -0.2) is 38.9 Å². The Kier molecular flexibility index (Phi) is 4.65. The molecule has 1 aliphatic rings. The second kappa shape index (κ2) is 7.09. The maximum atomic E-state index is 12.6. The molecule has 7 nitrogen and oxygen atoms in total. The zero-order chi connectivity index (χ0) is 18.1. The second-order valence-corrected chi connectivity index (χ2v) is 7.02. The van der Waals surface area contributed by atoms with Crippen LogP contribution < -0.4 is 10.2 Å². The first kappa shape index (κ1) is 17.1. The number of halogens is 2. The van der Waals surface area contributed by atoms with E-state index in [4.69, 9.17) is 23.2 Å². The van der Waals surface area contributed by atoms with E-state index < -0.39 is 0 Å². The topological polar surface area (TPSA) is 86.8 Å². The number of carbonyl (C=O) groups is 1. The molecule has 4 rings (SSSR count). The van der Waals surface area contributed by atoms with Crippen LogP contribution >= 0.6 is 23.2 Å². The molecule has 0 saturated carbocycles. The maximum Gasteiger partial charge on any atom is 0.227 e. The molecule has 3 heterocycles. The van der Waals surface area contributed by atoms with Crippen LogP contribution in [0.25, 0.3) is 11.2 Å². The molecule has 0 atom stereocenters. The molecule has 3 aromatic rings. The molecule has 0 bridgehead atoms. The number of aromatic nitrogens is 4. The summed E-state index contributed by atoms with van der Waals surface area (Å²) in [6.45, 7) is 1.46. The van der Waals surface area contributed by atoms with Crippen molar-refractivity contribution in [3.8, 4) is 0 Å². The number of benzene rings is 1. The van der Waals surface area contributed by atoms with Gasteiger partial charge in [0.15, 0.2) is 11.5 Å². The highest BCUT2D eigenvalue weighted by Gasteiger charge is 2.27. The largest absolute Gasteiger partial charge is 0.355 e. The van der Waals surface area contributed by atoms with E-state index in [1.165, 1.54) is 6.33 Å². The molecule has 0 radical (unpaired) electrons. The first-order chi connectivity index (χ1) is 12.6. The Labute approximate surface area is 159 Å². The summed E-state index contributed by atoms with van der Waals surface area (Å²) in [5.74, 6) is 0.702. The van der Waals surface area contributed by atoms with Crippen LogP contribution in [0, 0.1) is 5.92 Å². The van der Waals surface area contributed by atoms with Gasteiger partial charge in [0.25, 0.3) is 0 Å². The summed E-state index contributed by atoms with van der Waals surface area (Å²) in [4.78, 5) is 30.5. The van der Waals surface area contributed by atoms with Crippen molar-refractivity contribution in [1.29, 1.82) is 0 Å². The van der Waals surface area contributed by atoms with Gasteiger partial charge >= 0.3 is 0 Å². The number of imidazole rings is 1. The van der Waals surface area contributed by atoms with E-state index in [2.05, 4.69) is 30.2 Å². The minimum absolute atomic E-state index is 0.0387. The Morgan fingerprint density at radius 1 is 1.19 bits per heavy atom. The second-order valence-electron chi connectivity index (χ2n) is 6.17. The molecule has 1 amide bonds. The number of rotatable bonds is 3. The minimum atomic E-state index is -0.0830. The fourth-order valence-electron chi connectivity index (χ4n) is 3.17. The van der Waals surface area contributed by atoms with Crippen LogP contribution in [0.15, 0.2) is 30.9 Å². The summed E-state index contributed by atoms with van der Waals surface area (Å²) in [5.41, 5.74) is 2.01. The molecular formula is C17H16Cl2N6O. The van der Waals surface area contributed by atoms with Crippen LogP contribution in [0.4, 0.5) is 11.5 Å². The first-order valence-corrected chi connectivity index (χ1v) is 9.02. The molecule has 1 aliphatic heterocycles. The maximum absolute atomic E-state index is 12.6. The Morgan fingerprint density at radius 3 is 2.81 bits per heavy atom. The van der Waals surface area contributed by atoms with Crippen LogP contribution in [0.3, 0.4) is 0 Å². The van der Waals surface area contributed by atoms with E-state index >= 15 is 0 Å². The number of nitrogens with one attached hydrogen (secondary N) is 2. The van der Waals surface area contributed by atoms with Crippen molar-refractivity contribution in [1.82, 2.24) is 19.9 Å². The fraction of sp³-hybridized carbons (Fsp3) is 0.294. The number of hydrogen-bond donors (Lipinski definition) is 2. The van der Waals surface area contributed by atoms with Crippen LogP contribution in [0.1, 0.15) is 12.8 Å². The lowest BCUT2D eigenvalue weighted by Crippen LogP contribution is -2.38. The highest BCUT2D eigenvalue weighted by atomic mass is 35.5. The number of aromatic amines is 1. The summed E-state index contributed by atoms with van der Waals surface area (Å²) in [5, 5.41) is 3.89. The van der Waals surface area contributed by atoms with Gasteiger partial charge in [-0.3, -0.25) is 4.79 Å². The van der Waals surface area contributed by atoms with Gasteiger partial charge in [0.1, 0.15) is 11.8 Å². The molecule has 2 aromatic heterocycles. The number of amides is 1. The number of fused-ring (bicyclic) bond motifs is 1. The van der Waals surface area contributed by atoms with Crippen molar-refractivity contribution in [2.24, 2.45) is 5.92 Å². The van der Waals surface area contributed by atoms with Crippen LogP contribution in [-0.2, 0) is 4.79 Å². The Morgan fingerprint density at radius 2 is 2.00 bits per heavy atom. The van der Waals surface area contributed by atoms with E-state index in [-0.39, 0.29) is 11.8 Å². The van der Waals surface area contributed by atoms with E-state index in [1.54, 1.807) is 24.5 Å². The molecule has 2 N–H and O–H groups in total. The Bertz CT molecular complexity index is 951. The van der Waals surface area contributed by atoms with Crippen molar-refractivity contribution >= 4 is 51.8 Å². The van der Waals surface area contributed by atoms with E-state index in [9.17, 15) is 4.79 Å². The summed E-state index contributed by atoms with van der Waals surface area (Å²) in [6.07, 6.45) is 4.57. The normalized spacial score (nSPS) is 15.4.